The smallest absolute Gasteiger partial charge is 0.236 e. The summed E-state index contributed by atoms with van der Waals surface area (Å²) in [7, 11) is 0. The maximum absolute atomic E-state index is 10.6. The van der Waals surface area contributed by atoms with Crippen molar-refractivity contribution in [3.05, 3.63) is 58.8 Å². The number of hydrogen-bond donors (Lipinski definition) is 0. The molecule has 0 spiro atoms. The number of aryl methyl sites for hydroxylation is 1. The molecule has 0 fully saturated rings. The number of oxazole rings is 1. The second kappa shape index (κ2) is 5.93. The number of rotatable bonds is 5. The summed E-state index contributed by atoms with van der Waals surface area (Å²) in [6.07, 6.45) is 0.804. The summed E-state index contributed by atoms with van der Waals surface area (Å²) in [5.41, 5.74) is 1.40. The number of carbonyl (C=O) groups excluding carboxylic acids is 1. The van der Waals surface area contributed by atoms with E-state index in [1.807, 2.05) is 24.4 Å². The lowest BCUT2D eigenvalue weighted by Crippen LogP contribution is -1.97. The van der Waals surface area contributed by atoms with Gasteiger partial charge in [0.05, 0.1) is 4.88 Å². The van der Waals surface area contributed by atoms with Crippen molar-refractivity contribution in [2.24, 2.45) is 0 Å². The minimum atomic E-state index is 0.334. The second-order valence-corrected chi connectivity index (χ2v) is 5.42. The van der Waals surface area contributed by atoms with Crippen LogP contribution in [0.2, 0.25) is 0 Å². The molecule has 0 saturated carbocycles. The van der Waals surface area contributed by atoms with Crippen molar-refractivity contribution in [2.75, 3.05) is 0 Å². The summed E-state index contributed by atoms with van der Waals surface area (Å²) in [4.78, 5) is 16.1. The molecule has 0 saturated heterocycles. The molecule has 1 aromatic carbocycles. The summed E-state index contributed by atoms with van der Waals surface area (Å²) in [6.45, 7) is 2.21. The predicted octanol–water partition coefficient (Wildman–Crippen LogP) is 4.10. The molecule has 2 aromatic heterocycles. The number of nitrogens with zero attached hydrogens (tertiary/aromatic N) is 1. The Morgan fingerprint density at radius 3 is 2.76 bits per heavy atom. The highest BCUT2D eigenvalue weighted by atomic mass is 32.1. The van der Waals surface area contributed by atoms with Gasteiger partial charge in [-0.05, 0) is 42.6 Å². The van der Waals surface area contributed by atoms with E-state index in [1.165, 1.54) is 0 Å². The molecule has 0 unspecified atom stereocenters. The van der Waals surface area contributed by atoms with Crippen molar-refractivity contribution in [3.8, 4) is 16.5 Å². The van der Waals surface area contributed by atoms with Gasteiger partial charge in [0.1, 0.15) is 30.1 Å². The fourth-order valence-corrected chi connectivity index (χ4v) is 2.51. The van der Waals surface area contributed by atoms with Crippen LogP contribution in [0.4, 0.5) is 0 Å². The lowest BCUT2D eigenvalue weighted by atomic mass is 10.2. The van der Waals surface area contributed by atoms with Crippen LogP contribution in [0.25, 0.3) is 10.8 Å². The zero-order valence-electron chi connectivity index (χ0n) is 11.4. The zero-order chi connectivity index (χ0) is 14.7. The lowest BCUT2D eigenvalue weighted by molar-refractivity contribution is 0.112. The minimum absolute atomic E-state index is 0.334. The molecule has 0 aliphatic carbocycles. The van der Waals surface area contributed by atoms with Crippen LogP contribution in [0.1, 0.15) is 21.8 Å². The summed E-state index contributed by atoms with van der Waals surface area (Å²) in [5.74, 6) is 2.07. The Balaban J connectivity index is 1.71. The molecule has 21 heavy (non-hydrogen) atoms. The van der Waals surface area contributed by atoms with Gasteiger partial charge in [-0.25, -0.2) is 4.98 Å². The molecule has 3 aromatic rings. The van der Waals surface area contributed by atoms with Crippen LogP contribution in [0, 0.1) is 6.92 Å². The first kappa shape index (κ1) is 13.6. The summed E-state index contributed by atoms with van der Waals surface area (Å²) < 4.78 is 11.3. The van der Waals surface area contributed by atoms with Gasteiger partial charge in [0, 0.05) is 5.56 Å². The van der Waals surface area contributed by atoms with Gasteiger partial charge in [0.15, 0.2) is 0 Å². The zero-order valence-corrected chi connectivity index (χ0v) is 12.2. The van der Waals surface area contributed by atoms with E-state index in [0.29, 0.717) is 23.8 Å². The Labute approximate surface area is 126 Å². The number of benzene rings is 1. The van der Waals surface area contributed by atoms with E-state index in [2.05, 4.69) is 4.98 Å². The van der Waals surface area contributed by atoms with Crippen molar-refractivity contribution >= 4 is 17.6 Å². The molecule has 0 aliphatic heterocycles. The molecule has 0 amide bonds. The van der Waals surface area contributed by atoms with E-state index in [9.17, 15) is 4.79 Å². The van der Waals surface area contributed by atoms with Gasteiger partial charge < -0.3 is 9.15 Å². The molecule has 4 nitrogen and oxygen atoms in total. The third kappa shape index (κ3) is 3.03. The van der Waals surface area contributed by atoms with Crippen LogP contribution in [0.3, 0.4) is 0 Å². The molecule has 2 heterocycles. The van der Waals surface area contributed by atoms with Crippen LogP contribution in [0.5, 0.6) is 5.75 Å². The SMILES string of the molecule is Cc1oc(-c2cccs2)nc1COc1ccc(C=O)cc1. The van der Waals surface area contributed by atoms with E-state index < -0.39 is 0 Å². The average molecular weight is 299 g/mol. The van der Waals surface area contributed by atoms with Gasteiger partial charge in [-0.1, -0.05) is 6.07 Å². The number of hydrogen-bond acceptors (Lipinski definition) is 5. The molecular formula is C16H13NO3S. The van der Waals surface area contributed by atoms with Gasteiger partial charge in [0.2, 0.25) is 5.89 Å². The molecule has 0 radical (unpaired) electrons. The fourth-order valence-electron chi connectivity index (χ4n) is 1.86. The Hall–Kier alpha value is -2.40. The Morgan fingerprint density at radius 1 is 1.29 bits per heavy atom. The molecule has 0 atom stereocenters. The summed E-state index contributed by atoms with van der Waals surface area (Å²) >= 11 is 1.59. The highest BCUT2D eigenvalue weighted by Crippen LogP contribution is 2.26. The largest absolute Gasteiger partial charge is 0.487 e. The van der Waals surface area contributed by atoms with Gasteiger partial charge in [0.25, 0.3) is 0 Å². The van der Waals surface area contributed by atoms with E-state index in [-0.39, 0.29) is 0 Å². The molecule has 0 N–H and O–H groups in total. The predicted molar refractivity (Wildman–Crippen MR) is 80.7 cm³/mol. The van der Waals surface area contributed by atoms with Crippen molar-refractivity contribution in [2.45, 2.75) is 13.5 Å². The Kier molecular flexibility index (Phi) is 3.83. The first-order chi connectivity index (χ1) is 10.3. The maximum atomic E-state index is 10.6. The van der Waals surface area contributed by atoms with Crippen molar-refractivity contribution in [1.82, 2.24) is 4.98 Å². The van der Waals surface area contributed by atoms with E-state index in [1.54, 1.807) is 35.6 Å². The molecule has 0 aliphatic rings. The molecule has 0 bridgehead atoms. The van der Waals surface area contributed by atoms with Gasteiger partial charge in [-0.15, -0.1) is 11.3 Å². The maximum Gasteiger partial charge on any atom is 0.236 e. The standard InChI is InChI=1S/C16H13NO3S/c1-11-14(17-16(20-11)15-3-2-8-21-15)10-19-13-6-4-12(9-18)5-7-13/h2-9H,10H2,1H3. The van der Waals surface area contributed by atoms with Crippen molar-refractivity contribution < 1.29 is 13.9 Å². The van der Waals surface area contributed by atoms with Crippen LogP contribution >= 0.6 is 11.3 Å². The Morgan fingerprint density at radius 2 is 2.10 bits per heavy atom. The number of ether oxygens (including phenoxy) is 1. The first-order valence-corrected chi connectivity index (χ1v) is 7.32. The minimum Gasteiger partial charge on any atom is -0.487 e. The van der Waals surface area contributed by atoms with Crippen LogP contribution in [-0.2, 0) is 6.61 Å². The van der Waals surface area contributed by atoms with Gasteiger partial charge in [-0.2, -0.15) is 0 Å². The fraction of sp³-hybridized carbons (Fsp3) is 0.125. The third-order valence-corrected chi connectivity index (χ3v) is 3.87. The Bertz CT molecular complexity index is 729. The quantitative estimate of drug-likeness (QED) is 0.665. The molecule has 3 rings (SSSR count). The van der Waals surface area contributed by atoms with Crippen molar-refractivity contribution in [1.29, 1.82) is 0 Å². The highest BCUT2D eigenvalue weighted by Gasteiger charge is 2.12. The molecular weight excluding hydrogens is 286 g/mol. The van der Waals surface area contributed by atoms with E-state index >= 15 is 0 Å². The van der Waals surface area contributed by atoms with Crippen molar-refractivity contribution in [3.63, 3.8) is 0 Å². The number of aldehydes is 1. The number of carbonyl (C=O) groups is 1. The first-order valence-electron chi connectivity index (χ1n) is 6.44. The number of thiophene rings is 1. The van der Waals surface area contributed by atoms with Gasteiger partial charge in [-0.3, -0.25) is 4.79 Å². The lowest BCUT2D eigenvalue weighted by Gasteiger charge is -2.04. The molecule has 5 heteroatoms. The monoisotopic (exact) mass is 299 g/mol. The van der Waals surface area contributed by atoms with Gasteiger partial charge >= 0.3 is 0 Å². The van der Waals surface area contributed by atoms with E-state index in [4.69, 9.17) is 9.15 Å². The third-order valence-electron chi connectivity index (χ3n) is 3.02. The second-order valence-electron chi connectivity index (χ2n) is 4.47. The topological polar surface area (TPSA) is 52.3 Å². The highest BCUT2D eigenvalue weighted by molar-refractivity contribution is 7.13. The van der Waals surface area contributed by atoms with Crippen LogP contribution < -0.4 is 4.74 Å². The normalized spacial score (nSPS) is 10.5. The van der Waals surface area contributed by atoms with E-state index in [0.717, 1.165) is 22.6 Å². The summed E-state index contributed by atoms with van der Waals surface area (Å²) in [5, 5.41) is 1.99. The van der Waals surface area contributed by atoms with Crippen LogP contribution in [-0.4, -0.2) is 11.3 Å². The van der Waals surface area contributed by atoms with Crippen LogP contribution in [0.15, 0.2) is 46.2 Å². The molecule has 106 valence electrons. The number of aromatic nitrogens is 1. The summed E-state index contributed by atoms with van der Waals surface area (Å²) in [6, 6.07) is 10.9. The average Bonchev–Trinajstić information content (AvgIpc) is 3.15.